The average molecular weight is 337 g/mol. The zero-order valence-electron chi connectivity index (χ0n) is 13.1. The lowest BCUT2D eigenvalue weighted by Crippen LogP contribution is -2.25. The van der Waals surface area contributed by atoms with E-state index in [-0.39, 0.29) is 24.0 Å². The summed E-state index contributed by atoms with van der Waals surface area (Å²) in [5, 5.41) is 0. The summed E-state index contributed by atoms with van der Waals surface area (Å²) in [5.74, 6) is -0.167. The minimum absolute atomic E-state index is 0.0834. The molecule has 0 saturated carbocycles. The molecule has 0 aliphatic rings. The normalized spacial score (nSPS) is 11.7. The first-order chi connectivity index (χ1) is 10.9. The first kappa shape index (κ1) is 17.4. The molecule has 0 atom stereocenters. The first-order valence-corrected chi connectivity index (χ1v) is 8.97. The molecule has 0 fully saturated rings. The third kappa shape index (κ3) is 5.65. The van der Waals surface area contributed by atoms with Gasteiger partial charge in [0.2, 0.25) is 10.0 Å². The van der Waals surface area contributed by atoms with Gasteiger partial charge in [-0.3, -0.25) is 0 Å². The molecule has 0 aliphatic carbocycles. The highest BCUT2D eigenvalue weighted by Crippen LogP contribution is 2.14. The molecule has 0 bridgehead atoms. The van der Waals surface area contributed by atoms with E-state index in [4.69, 9.17) is 4.74 Å². The quantitative estimate of drug-likeness (QED) is 0.844. The van der Waals surface area contributed by atoms with Crippen LogP contribution in [0.3, 0.4) is 0 Å². The van der Waals surface area contributed by atoms with Crippen LogP contribution < -0.4 is 9.46 Å². The van der Waals surface area contributed by atoms with Crippen molar-refractivity contribution < 1.29 is 17.5 Å². The Morgan fingerprint density at radius 1 is 1.09 bits per heavy atom. The lowest BCUT2D eigenvalue weighted by molar-refractivity contribution is 0.242. The first-order valence-electron chi connectivity index (χ1n) is 7.32. The second-order valence-electron chi connectivity index (χ2n) is 5.48. The Morgan fingerprint density at radius 3 is 2.35 bits per heavy atom. The molecule has 0 saturated heterocycles. The summed E-state index contributed by atoms with van der Waals surface area (Å²) >= 11 is 0. The van der Waals surface area contributed by atoms with Gasteiger partial charge in [0, 0.05) is 12.1 Å². The molecule has 1 N–H and O–H groups in total. The van der Waals surface area contributed by atoms with Gasteiger partial charge in [-0.25, -0.2) is 17.5 Å². The van der Waals surface area contributed by atoms with Gasteiger partial charge < -0.3 is 4.74 Å². The van der Waals surface area contributed by atoms with E-state index < -0.39 is 15.8 Å². The maximum atomic E-state index is 13.5. The van der Waals surface area contributed by atoms with Gasteiger partial charge in [0.1, 0.15) is 11.6 Å². The van der Waals surface area contributed by atoms with Crippen molar-refractivity contribution in [1.82, 2.24) is 4.72 Å². The maximum absolute atomic E-state index is 13.5. The van der Waals surface area contributed by atoms with Crippen LogP contribution in [0.2, 0.25) is 0 Å². The highest BCUT2D eigenvalue weighted by Gasteiger charge is 2.14. The SMILES string of the molecule is CC(C)Oc1ccc(CNS(=O)(=O)Cc2ccccc2F)cc1. The van der Waals surface area contributed by atoms with Gasteiger partial charge in [0.05, 0.1) is 11.9 Å². The van der Waals surface area contributed by atoms with Gasteiger partial charge in [0.25, 0.3) is 0 Å². The average Bonchev–Trinajstić information content (AvgIpc) is 2.48. The Bertz CT molecular complexity index is 743. The van der Waals surface area contributed by atoms with E-state index in [0.717, 1.165) is 11.3 Å². The van der Waals surface area contributed by atoms with Crippen LogP contribution >= 0.6 is 0 Å². The smallest absolute Gasteiger partial charge is 0.216 e. The molecule has 0 unspecified atom stereocenters. The molecule has 23 heavy (non-hydrogen) atoms. The molecule has 0 spiro atoms. The number of sulfonamides is 1. The lowest BCUT2D eigenvalue weighted by atomic mass is 10.2. The van der Waals surface area contributed by atoms with Crippen molar-refractivity contribution in [3.63, 3.8) is 0 Å². The van der Waals surface area contributed by atoms with Crippen molar-refractivity contribution in [3.8, 4) is 5.75 Å². The molecule has 2 aromatic carbocycles. The van der Waals surface area contributed by atoms with Gasteiger partial charge in [-0.1, -0.05) is 30.3 Å². The second kappa shape index (κ2) is 7.57. The maximum Gasteiger partial charge on any atom is 0.216 e. The fourth-order valence-corrected chi connectivity index (χ4v) is 3.15. The molecule has 0 heterocycles. The molecule has 124 valence electrons. The Labute approximate surface area is 136 Å². The van der Waals surface area contributed by atoms with Crippen LogP contribution in [0.1, 0.15) is 25.0 Å². The molecule has 2 rings (SSSR count). The predicted molar refractivity (Wildman–Crippen MR) is 88.1 cm³/mol. The number of hydrogen-bond donors (Lipinski definition) is 1. The van der Waals surface area contributed by atoms with Crippen LogP contribution in [-0.2, 0) is 22.3 Å². The summed E-state index contributed by atoms with van der Waals surface area (Å²) in [6.07, 6.45) is 0.0834. The standard InChI is InChI=1S/C17H20FNO3S/c1-13(2)22-16-9-7-14(8-10-16)11-19-23(20,21)12-15-5-3-4-6-17(15)18/h3-10,13,19H,11-12H2,1-2H3. The molecule has 2 aromatic rings. The van der Waals surface area contributed by atoms with Gasteiger partial charge in [-0.15, -0.1) is 0 Å². The van der Waals surface area contributed by atoms with Crippen LogP contribution in [-0.4, -0.2) is 14.5 Å². The summed E-state index contributed by atoms with van der Waals surface area (Å²) in [5.41, 5.74) is 0.957. The van der Waals surface area contributed by atoms with Crippen molar-refractivity contribution in [2.24, 2.45) is 0 Å². The minimum Gasteiger partial charge on any atom is -0.491 e. The van der Waals surface area contributed by atoms with Crippen LogP contribution in [0.5, 0.6) is 5.75 Å². The number of rotatable bonds is 7. The largest absolute Gasteiger partial charge is 0.491 e. The van der Waals surface area contributed by atoms with E-state index in [2.05, 4.69) is 4.72 Å². The van der Waals surface area contributed by atoms with Gasteiger partial charge in [-0.2, -0.15) is 0 Å². The summed E-state index contributed by atoms with van der Waals surface area (Å²) in [6, 6.07) is 13.0. The summed E-state index contributed by atoms with van der Waals surface area (Å²) in [7, 11) is -3.61. The molecule has 6 heteroatoms. The van der Waals surface area contributed by atoms with Gasteiger partial charge in [-0.05, 0) is 37.6 Å². The van der Waals surface area contributed by atoms with Gasteiger partial charge >= 0.3 is 0 Å². The minimum atomic E-state index is -3.61. The van der Waals surface area contributed by atoms with Crippen LogP contribution in [0, 0.1) is 5.82 Å². The van der Waals surface area contributed by atoms with E-state index in [1.807, 2.05) is 13.8 Å². The van der Waals surface area contributed by atoms with Crippen molar-refractivity contribution in [2.45, 2.75) is 32.2 Å². The van der Waals surface area contributed by atoms with E-state index in [1.54, 1.807) is 30.3 Å². The molecule has 0 radical (unpaired) electrons. The number of halogens is 1. The third-order valence-electron chi connectivity index (χ3n) is 3.09. The second-order valence-corrected chi connectivity index (χ2v) is 7.29. The Morgan fingerprint density at radius 2 is 1.74 bits per heavy atom. The monoisotopic (exact) mass is 337 g/mol. The molecule has 0 aromatic heterocycles. The van der Waals surface area contributed by atoms with Crippen LogP contribution in [0.15, 0.2) is 48.5 Å². The summed E-state index contributed by atoms with van der Waals surface area (Å²) in [6.45, 7) is 4.02. The number of hydrogen-bond acceptors (Lipinski definition) is 3. The Kier molecular flexibility index (Phi) is 5.74. The number of ether oxygens (including phenoxy) is 1. The van der Waals surface area contributed by atoms with Crippen molar-refractivity contribution in [3.05, 3.63) is 65.5 Å². The van der Waals surface area contributed by atoms with Gasteiger partial charge in [0.15, 0.2) is 0 Å². The molecule has 0 aliphatic heterocycles. The zero-order chi connectivity index (χ0) is 16.9. The summed E-state index contributed by atoms with van der Waals surface area (Å²) in [4.78, 5) is 0. The predicted octanol–water partition coefficient (Wildman–Crippen LogP) is 3.23. The zero-order valence-corrected chi connectivity index (χ0v) is 13.9. The van der Waals surface area contributed by atoms with E-state index in [0.29, 0.717) is 0 Å². The van der Waals surface area contributed by atoms with Crippen molar-refractivity contribution in [1.29, 1.82) is 0 Å². The topological polar surface area (TPSA) is 55.4 Å². The molecular weight excluding hydrogens is 317 g/mol. The van der Waals surface area contributed by atoms with Crippen LogP contribution in [0.25, 0.3) is 0 Å². The molecular formula is C17H20FNO3S. The van der Waals surface area contributed by atoms with Crippen molar-refractivity contribution in [2.75, 3.05) is 0 Å². The van der Waals surface area contributed by atoms with E-state index in [1.165, 1.54) is 18.2 Å². The molecule has 0 amide bonds. The lowest BCUT2D eigenvalue weighted by Gasteiger charge is -2.11. The fraction of sp³-hybridized carbons (Fsp3) is 0.294. The Balaban J connectivity index is 1.95. The fourth-order valence-electron chi connectivity index (χ4n) is 2.02. The number of benzene rings is 2. The highest BCUT2D eigenvalue weighted by atomic mass is 32.2. The highest BCUT2D eigenvalue weighted by molar-refractivity contribution is 7.88. The van der Waals surface area contributed by atoms with E-state index in [9.17, 15) is 12.8 Å². The Hall–Kier alpha value is -1.92. The molecule has 4 nitrogen and oxygen atoms in total. The van der Waals surface area contributed by atoms with E-state index >= 15 is 0 Å². The third-order valence-corrected chi connectivity index (χ3v) is 4.37. The van der Waals surface area contributed by atoms with Crippen molar-refractivity contribution >= 4 is 10.0 Å². The summed E-state index contributed by atoms with van der Waals surface area (Å²) < 4.78 is 45.6. The van der Waals surface area contributed by atoms with Crippen LogP contribution in [0.4, 0.5) is 4.39 Å². The number of nitrogens with one attached hydrogen (secondary N) is 1.